The minimum Gasteiger partial charge on any atom is -0.495 e. The van der Waals surface area contributed by atoms with Gasteiger partial charge >= 0.3 is 5.97 Å². The van der Waals surface area contributed by atoms with Gasteiger partial charge in [-0.1, -0.05) is 38.8 Å². The lowest BCUT2D eigenvalue weighted by atomic mass is 9.78. The predicted octanol–water partition coefficient (Wildman–Crippen LogP) is 2.98. The number of ether oxygens (including phenoxy) is 2. The summed E-state index contributed by atoms with van der Waals surface area (Å²) in [7, 11) is 1.60. The van der Waals surface area contributed by atoms with Gasteiger partial charge in [-0.2, -0.15) is 0 Å². The van der Waals surface area contributed by atoms with Crippen molar-refractivity contribution in [1.82, 2.24) is 5.32 Å². The van der Waals surface area contributed by atoms with E-state index in [1.165, 1.54) is 6.42 Å². The van der Waals surface area contributed by atoms with Crippen molar-refractivity contribution in [3.05, 3.63) is 24.3 Å². The highest BCUT2D eigenvalue weighted by Gasteiger charge is 2.28. The molecule has 6 heteroatoms. The Balaban J connectivity index is 1.66. The van der Waals surface area contributed by atoms with Crippen LogP contribution in [0.2, 0.25) is 0 Å². The lowest BCUT2D eigenvalue weighted by Crippen LogP contribution is -2.45. The van der Waals surface area contributed by atoms with Crippen LogP contribution in [0, 0.1) is 11.8 Å². The van der Waals surface area contributed by atoms with Gasteiger partial charge in [0.25, 0.3) is 5.91 Å². The fraction of sp³-hybridized carbons (Fsp3) is 0.600. The maximum Gasteiger partial charge on any atom is 0.308 e. The van der Waals surface area contributed by atoms with Gasteiger partial charge in [-0.25, -0.2) is 0 Å². The van der Waals surface area contributed by atoms with Crippen molar-refractivity contribution in [3.8, 4) is 5.75 Å². The Labute approximate surface area is 155 Å². The standard InChI is InChI=1S/C20H30N2O4/c1-14-7-6-9-16(15(14)2)22-19(23)13-26-20(24)11-12-21-17-8-4-5-10-18(17)25-3/h4-5,8,10,14-16,21H,6-7,9,11-13H2,1-3H3,(H,22,23)/t14-,15-,16-/m1/s1. The van der Waals surface area contributed by atoms with E-state index in [4.69, 9.17) is 9.47 Å². The zero-order valence-corrected chi connectivity index (χ0v) is 15.9. The van der Waals surface area contributed by atoms with Crippen LogP contribution in [0.5, 0.6) is 5.75 Å². The number of rotatable bonds is 8. The molecule has 2 rings (SSSR count). The summed E-state index contributed by atoms with van der Waals surface area (Å²) in [6, 6.07) is 7.67. The number of nitrogens with one attached hydrogen (secondary N) is 2. The number of carbonyl (C=O) groups is 2. The average Bonchev–Trinajstić information content (AvgIpc) is 2.64. The first kappa shape index (κ1) is 20.1. The lowest BCUT2D eigenvalue weighted by Gasteiger charge is -2.34. The van der Waals surface area contributed by atoms with Crippen LogP contribution in [0.1, 0.15) is 39.5 Å². The molecule has 1 saturated carbocycles. The van der Waals surface area contributed by atoms with Gasteiger partial charge in [0.1, 0.15) is 5.75 Å². The van der Waals surface area contributed by atoms with Gasteiger partial charge in [-0.05, 0) is 30.4 Å². The molecule has 6 nitrogen and oxygen atoms in total. The van der Waals surface area contributed by atoms with Crippen LogP contribution in [0.3, 0.4) is 0 Å². The highest BCUT2D eigenvalue weighted by Crippen LogP contribution is 2.29. The summed E-state index contributed by atoms with van der Waals surface area (Å²) in [6.07, 6.45) is 3.52. The zero-order chi connectivity index (χ0) is 18.9. The molecule has 0 unspecified atom stereocenters. The minimum atomic E-state index is -0.396. The summed E-state index contributed by atoms with van der Waals surface area (Å²) in [5.41, 5.74) is 0.820. The second kappa shape index (κ2) is 10.0. The third-order valence-corrected chi connectivity index (χ3v) is 5.17. The molecule has 0 aliphatic heterocycles. The summed E-state index contributed by atoms with van der Waals surface area (Å²) in [5, 5.41) is 6.14. The first-order valence-corrected chi connectivity index (χ1v) is 9.33. The van der Waals surface area contributed by atoms with Crippen LogP contribution in [-0.2, 0) is 14.3 Å². The summed E-state index contributed by atoms with van der Waals surface area (Å²) in [4.78, 5) is 23.9. The number of carbonyl (C=O) groups excluding carboxylic acids is 2. The first-order chi connectivity index (χ1) is 12.5. The van der Waals surface area contributed by atoms with E-state index in [0.717, 1.165) is 24.3 Å². The van der Waals surface area contributed by atoms with Crippen LogP contribution < -0.4 is 15.4 Å². The summed E-state index contributed by atoms with van der Waals surface area (Å²) >= 11 is 0. The maximum atomic E-state index is 12.0. The van der Waals surface area contributed by atoms with Gasteiger partial charge < -0.3 is 20.1 Å². The van der Waals surface area contributed by atoms with Gasteiger partial charge in [0.15, 0.2) is 6.61 Å². The highest BCUT2D eigenvalue weighted by molar-refractivity contribution is 5.80. The zero-order valence-electron chi connectivity index (χ0n) is 15.9. The van der Waals surface area contributed by atoms with Crippen molar-refractivity contribution in [2.24, 2.45) is 11.8 Å². The number of amides is 1. The SMILES string of the molecule is COc1ccccc1NCCC(=O)OCC(=O)N[C@@H]1CCC[C@@H](C)[C@H]1C. The van der Waals surface area contributed by atoms with Gasteiger partial charge in [0.2, 0.25) is 0 Å². The number of para-hydroxylation sites is 2. The van der Waals surface area contributed by atoms with Crippen LogP contribution in [-0.4, -0.2) is 38.2 Å². The molecule has 3 atom stereocenters. The molecule has 0 bridgehead atoms. The molecule has 0 radical (unpaired) electrons. The highest BCUT2D eigenvalue weighted by atomic mass is 16.5. The Morgan fingerprint density at radius 2 is 1.96 bits per heavy atom. The lowest BCUT2D eigenvalue weighted by molar-refractivity contribution is -0.148. The van der Waals surface area contributed by atoms with E-state index in [1.807, 2.05) is 24.3 Å². The van der Waals surface area contributed by atoms with Gasteiger partial charge in [0.05, 0.1) is 19.2 Å². The molecule has 0 aromatic heterocycles. The molecule has 2 N–H and O–H groups in total. The monoisotopic (exact) mass is 362 g/mol. The van der Waals surface area contributed by atoms with E-state index < -0.39 is 5.97 Å². The van der Waals surface area contributed by atoms with Gasteiger partial charge in [-0.15, -0.1) is 0 Å². The average molecular weight is 362 g/mol. The normalized spacial score (nSPS) is 22.3. The number of esters is 1. The van der Waals surface area contributed by atoms with Crippen LogP contribution in [0.25, 0.3) is 0 Å². The van der Waals surface area contributed by atoms with Crippen molar-refractivity contribution in [3.63, 3.8) is 0 Å². The summed E-state index contributed by atoms with van der Waals surface area (Å²) in [6.45, 7) is 4.59. The smallest absolute Gasteiger partial charge is 0.308 e. The van der Waals surface area contributed by atoms with Crippen molar-refractivity contribution < 1.29 is 19.1 Å². The third-order valence-electron chi connectivity index (χ3n) is 5.17. The van der Waals surface area contributed by atoms with Gasteiger partial charge in [-0.3, -0.25) is 9.59 Å². The molecule has 1 aromatic rings. The van der Waals surface area contributed by atoms with Crippen LogP contribution >= 0.6 is 0 Å². The number of hydrogen-bond acceptors (Lipinski definition) is 5. The Kier molecular flexibility index (Phi) is 7.75. The van der Waals surface area contributed by atoms with E-state index in [0.29, 0.717) is 18.4 Å². The Morgan fingerprint density at radius 1 is 1.19 bits per heavy atom. The summed E-state index contributed by atoms with van der Waals surface area (Å²) in [5.74, 6) is 1.16. The third kappa shape index (κ3) is 5.93. The van der Waals surface area contributed by atoms with Crippen molar-refractivity contribution in [2.75, 3.05) is 25.6 Å². The van der Waals surface area contributed by atoms with E-state index >= 15 is 0 Å². The van der Waals surface area contributed by atoms with Crippen LogP contribution in [0.4, 0.5) is 5.69 Å². The van der Waals surface area contributed by atoms with E-state index in [9.17, 15) is 9.59 Å². The Bertz CT molecular complexity index is 605. The molecule has 1 fully saturated rings. The number of benzene rings is 1. The largest absolute Gasteiger partial charge is 0.495 e. The Morgan fingerprint density at radius 3 is 2.73 bits per heavy atom. The van der Waals surface area contributed by atoms with E-state index in [-0.39, 0.29) is 25.0 Å². The number of anilines is 1. The van der Waals surface area contributed by atoms with E-state index in [1.54, 1.807) is 7.11 Å². The topological polar surface area (TPSA) is 76.7 Å². The minimum absolute atomic E-state index is 0.178. The fourth-order valence-electron chi connectivity index (χ4n) is 3.34. The molecule has 26 heavy (non-hydrogen) atoms. The van der Waals surface area contributed by atoms with Crippen LogP contribution in [0.15, 0.2) is 24.3 Å². The molecule has 1 aliphatic rings. The van der Waals surface area contributed by atoms with E-state index in [2.05, 4.69) is 24.5 Å². The first-order valence-electron chi connectivity index (χ1n) is 9.33. The molecular weight excluding hydrogens is 332 g/mol. The summed E-state index contributed by atoms with van der Waals surface area (Å²) < 4.78 is 10.3. The molecule has 0 saturated heterocycles. The molecular formula is C20H30N2O4. The quantitative estimate of drug-likeness (QED) is 0.695. The van der Waals surface area contributed by atoms with Gasteiger partial charge in [0, 0.05) is 12.6 Å². The molecule has 1 aromatic carbocycles. The maximum absolute atomic E-state index is 12.0. The fourth-order valence-corrected chi connectivity index (χ4v) is 3.34. The van der Waals surface area contributed by atoms with Crippen molar-refractivity contribution >= 4 is 17.6 Å². The number of methoxy groups -OCH3 is 1. The number of hydrogen-bond donors (Lipinski definition) is 2. The molecule has 1 amide bonds. The van der Waals surface area contributed by atoms with Crippen molar-refractivity contribution in [1.29, 1.82) is 0 Å². The molecule has 0 spiro atoms. The molecule has 0 heterocycles. The molecule has 1 aliphatic carbocycles. The predicted molar refractivity (Wildman–Crippen MR) is 101 cm³/mol. The Hall–Kier alpha value is -2.24. The second-order valence-electron chi connectivity index (χ2n) is 6.98. The molecule has 144 valence electrons. The van der Waals surface area contributed by atoms with Crippen molar-refractivity contribution in [2.45, 2.75) is 45.6 Å². The second-order valence-corrected chi connectivity index (χ2v) is 6.98.